The first-order valence-electron chi connectivity index (χ1n) is 5.00. The maximum atomic E-state index is 11.5. The van der Waals surface area contributed by atoms with E-state index >= 15 is 0 Å². The molecule has 0 spiro atoms. The predicted molar refractivity (Wildman–Crippen MR) is 65.1 cm³/mol. The predicted octanol–water partition coefficient (Wildman–Crippen LogP) is 0.0854. The van der Waals surface area contributed by atoms with Gasteiger partial charge in [0.2, 0.25) is 0 Å². The topological polar surface area (TPSA) is 84.1 Å². The van der Waals surface area contributed by atoms with E-state index in [4.69, 9.17) is 5.84 Å². The maximum absolute atomic E-state index is 11.5. The monoisotopic (exact) mass is 232 g/mol. The van der Waals surface area contributed by atoms with Gasteiger partial charge >= 0.3 is 5.69 Å². The molecule has 0 bridgehead atoms. The van der Waals surface area contributed by atoms with E-state index in [-0.39, 0.29) is 5.82 Å². The smallest absolute Gasteiger partial charge is 0.292 e. The van der Waals surface area contributed by atoms with E-state index in [1.54, 1.807) is 12.1 Å². The zero-order valence-corrected chi connectivity index (χ0v) is 9.25. The molecule has 6 heteroatoms. The summed E-state index contributed by atoms with van der Waals surface area (Å²) in [7, 11) is 1.40. The number of nitrogens with one attached hydrogen (secondary N) is 1. The van der Waals surface area contributed by atoms with Gasteiger partial charge in [0, 0.05) is 13.1 Å². The quantitative estimate of drug-likeness (QED) is 0.567. The van der Waals surface area contributed by atoms with Crippen molar-refractivity contribution in [3.63, 3.8) is 0 Å². The first kappa shape index (κ1) is 11.2. The molecule has 6 nitrogen and oxygen atoms in total. The van der Waals surface area contributed by atoms with Crippen LogP contribution in [0.4, 0.5) is 11.5 Å². The Morgan fingerprint density at radius 3 is 2.47 bits per heavy atom. The third kappa shape index (κ3) is 2.11. The van der Waals surface area contributed by atoms with Gasteiger partial charge in [0.15, 0.2) is 0 Å². The second-order valence-electron chi connectivity index (χ2n) is 3.56. The minimum absolute atomic E-state index is 0.254. The van der Waals surface area contributed by atoms with Crippen molar-refractivity contribution in [1.82, 2.24) is 9.55 Å². The SMILES string of the molecule is Cn1c(=O)cc(N(N)c2ccccc2)[nH]c1=O. The first-order chi connectivity index (χ1) is 8.09. The Labute approximate surface area is 96.9 Å². The van der Waals surface area contributed by atoms with Crippen molar-refractivity contribution in [1.29, 1.82) is 0 Å². The number of hydrazine groups is 1. The summed E-state index contributed by atoms with van der Waals surface area (Å²) in [6.07, 6.45) is 0. The van der Waals surface area contributed by atoms with Gasteiger partial charge in [-0.1, -0.05) is 18.2 Å². The summed E-state index contributed by atoms with van der Waals surface area (Å²) in [4.78, 5) is 25.4. The third-order valence-corrected chi connectivity index (χ3v) is 2.42. The zero-order chi connectivity index (χ0) is 12.4. The van der Waals surface area contributed by atoms with Gasteiger partial charge in [-0.3, -0.25) is 19.4 Å². The highest BCUT2D eigenvalue weighted by molar-refractivity contribution is 5.57. The molecule has 1 aromatic carbocycles. The van der Waals surface area contributed by atoms with E-state index in [9.17, 15) is 9.59 Å². The van der Waals surface area contributed by atoms with Crippen LogP contribution in [0.1, 0.15) is 0 Å². The number of anilines is 2. The Kier molecular flexibility index (Phi) is 2.80. The van der Waals surface area contributed by atoms with Crippen molar-refractivity contribution >= 4 is 11.5 Å². The van der Waals surface area contributed by atoms with Crippen molar-refractivity contribution < 1.29 is 0 Å². The number of rotatable bonds is 2. The molecule has 0 aliphatic rings. The lowest BCUT2D eigenvalue weighted by Crippen LogP contribution is -2.36. The second-order valence-corrected chi connectivity index (χ2v) is 3.56. The van der Waals surface area contributed by atoms with Gasteiger partial charge in [-0.25, -0.2) is 10.6 Å². The lowest BCUT2D eigenvalue weighted by molar-refractivity contribution is 0.770. The van der Waals surface area contributed by atoms with E-state index in [0.29, 0.717) is 5.69 Å². The number of benzene rings is 1. The standard InChI is InChI=1S/C11H12N4O2/c1-14-10(16)7-9(13-11(14)17)15(12)8-5-3-2-4-6-8/h2-7H,12H2,1H3,(H,13,17). The number of nitrogens with two attached hydrogens (primary N) is 1. The molecule has 0 radical (unpaired) electrons. The average Bonchev–Trinajstić information content (AvgIpc) is 2.35. The van der Waals surface area contributed by atoms with Crippen LogP contribution in [0.15, 0.2) is 46.0 Å². The number of H-pyrrole nitrogens is 1. The van der Waals surface area contributed by atoms with Gasteiger partial charge in [0.1, 0.15) is 5.82 Å². The molecule has 17 heavy (non-hydrogen) atoms. The van der Waals surface area contributed by atoms with E-state index in [2.05, 4.69) is 4.98 Å². The molecule has 0 aliphatic heterocycles. The molecule has 88 valence electrons. The van der Waals surface area contributed by atoms with Crippen molar-refractivity contribution in [2.24, 2.45) is 12.9 Å². The summed E-state index contributed by atoms with van der Waals surface area (Å²) >= 11 is 0. The molecule has 0 unspecified atom stereocenters. The molecule has 3 N–H and O–H groups in total. The fourth-order valence-electron chi connectivity index (χ4n) is 1.40. The number of nitrogens with zero attached hydrogens (tertiary/aromatic N) is 2. The second kappa shape index (κ2) is 4.26. The molecule has 0 saturated heterocycles. The molecule has 0 aliphatic carbocycles. The molecular formula is C11H12N4O2. The van der Waals surface area contributed by atoms with Crippen molar-refractivity contribution in [3.8, 4) is 0 Å². The Balaban J connectivity index is 2.49. The zero-order valence-electron chi connectivity index (χ0n) is 9.25. The van der Waals surface area contributed by atoms with Crippen LogP contribution in [0, 0.1) is 0 Å². The van der Waals surface area contributed by atoms with Gasteiger partial charge in [-0.2, -0.15) is 0 Å². The molecule has 2 aromatic rings. The van der Waals surface area contributed by atoms with Gasteiger partial charge in [-0.15, -0.1) is 0 Å². The molecule has 0 amide bonds. The van der Waals surface area contributed by atoms with Gasteiger partial charge in [0.25, 0.3) is 5.56 Å². The van der Waals surface area contributed by atoms with Crippen LogP contribution < -0.4 is 22.1 Å². The molecule has 2 rings (SSSR count). The number of aromatic nitrogens is 2. The fourth-order valence-corrected chi connectivity index (χ4v) is 1.40. The molecule has 0 fully saturated rings. The molecule has 0 saturated carbocycles. The number of hydrogen-bond donors (Lipinski definition) is 2. The average molecular weight is 232 g/mol. The van der Waals surface area contributed by atoms with Gasteiger partial charge < -0.3 is 0 Å². The minimum Gasteiger partial charge on any atom is -0.292 e. The van der Waals surface area contributed by atoms with Crippen LogP contribution in [0.5, 0.6) is 0 Å². The van der Waals surface area contributed by atoms with E-state index in [1.165, 1.54) is 18.1 Å². The molecule has 1 heterocycles. The molecular weight excluding hydrogens is 220 g/mol. The largest absolute Gasteiger partial charge is 0.329 e. The minimum atomic E-state index is -0.501. The third-order valence-electron chi connectivity index (χ3n) is 2.42. The van der Waals surface area contributed by atoms with Crippen LogP contribution in [-0.4, -0.2) is 9.55 Å². The van der Waals surface area contributed by atoms with Crippen LogP contribution in [0.2, 0.25) is 0 Å². The summed E-state index contributed by atoms with van der Waals surface area (Å²) in [5.74, 6) is 6.07. The van der Waals surface area contributed by atoms with Crippen molar-refractivity contribution in [2.75, 3.05) is 5.01 Å². The number of hydrogen-bond acceptors (Lipinski definition) is 4. The molecule has 1 aromatic heterocycles. The van der Waals surface area contributed by atoms with Crippen molar-refractivity contribution in [2.45, 2.75) is 0 Å². The summed E-state index contributed by atoms with van der Waals surface area (Å²) in [5.41, 5.74) is -0.231. The highest BCUT2D eigenvalue weighted by Gasteiger charge is 2.07. The highest BCUT2D eigenvalue weighted by atomic mass is 16.2. The summed E-state index contributed by atoms with van der Waals surface area (Å²) in [5, 5.41) is 1.25. The first-order valence-corrected chi connectivity index (χ1v) is 5.00. The van der Waals surface area contributed by atoms with E-state index < -0.39 is 11.2 Å². The highest BCUT2D eigenvalue weighted by Crippen LogP contribution is 2.16. The van der Waals surface area contributed by atoms with Crippen LogP contribution in [0.25, 0.3) is 0 Å². The Hall–Kier alpha value is -2.34. The summed E-state index contributed by atoms with van der Waals surface area (Å²) in [6, 6.07) is 10.3. The Morgan fingerprint density at radius 2 is 1.88 bits per heavy atom. The van der Waals surface area contributed by atoms with Gasteiger partial charge in [-0.05, 0) is 12.1 Å². The lowest BCUT2D eigenvalue weighted by Gasteiger charge is -2.17. The van der Waals surface area contributed by atoms with Crippen molar-refractivity contribution in [3.05, 3.63) is 57.2 Å². The van der Waals surface area contributed by atoms with Crippen LogP contribution in [0.3, 0.4) is 0 Å². The van der Waals surface area contributed by atoms with Gasteiger partial charge in [0.05, 0.1) is 5.69 Å². The Bertz CT molecular complexity index is 599. The normalized spacial score (nSPS) is 10.2. The molecule has 0 atom stereocenters. The van der Waals surface area contributed by atoms with E-state index in [1.807, 2.05) is 18.2 Å². The van der Waals surface area contributed by atoms with Crippen LogP contribution >= 0.6 is 0 Å². The summed E-state index contributed by atoms with van der Waals surface area (Å²) < 4.78 is 0.975. The summed E-state index contributed by atoms with van der Waals surface area (Å²) in [6.45, 7) is 0. The van der Waals surface area contributed by atoms with Crippen LogP contribution in [-0.2, 0) is 7.05 Å². The fraction of sp³-hybridized carbons (Fsp3) is 0.0909. The maximum Gasteiger partial charge on any atom is 0.329 e. The van der Waals surface area contributed by atoms with E-state index in [0.717, 1.165) is 4.57 Å². The number of para-hydroxylation sites is 1. The Morgan fingerprint density at radius 1 is 1.24 bits per heavy atom. The lowest BCUT2D eigenvalue weighted by atomic mass is 10.3. The number of aromatic amines is 1.